The standard InChI is InChI=1S/C19H10Cl2N4OS/c20-13-7-5-11(14(21)10-13)6-8-17-24-25-18(22-23-19(25)27-17)16-9-12-3-1-2-4-15(12)26-16/h1-10H/b8-6+. The zero-order chi connectivity index (χ0) is 18.4. The second-order valence-electron chi connectivity index (χ2n) is 5.81. The van der Waals surface area contributed by atoms with Crippen molar-refractivity contribution in [3.8, 4) is 11.6 Å². The van der Waals surface area contributed by atoms with E-state index < -0.39 is 0 Å². The average Bonchev–Trinajstić information content (AvgIpc) is 3.34. The Bertz CT molecular complexity index is 1290. The van der Waals surface area contributed by atoms with Crippen LogP contribution >= 0.6 is 34.5 Å². The molecule has 0 saturated heterocycles. The first-order valence-corrected chi connectivity index (χ1v) is 9.59. The molecule has 0 aliphatic carbocycles. The molecule has 2 aromatic carbocycles. The van der Waals surface area contributed by atoms with Gasteiger partial charge in [-0.25, -0.2) is 0 Å². The van der Waals surface area contributed by atoms with Crippen molar-refractivity contribution in [2.45, 2.75) is 0 Å². The Morgan fingerprint density at radius 1 is 1.00 bits per heavy atom. The number of furan rings is 1. The molecule has 0 radical (unpaired) electrons. The fourth-order valence-corrected chi connectivity index (χ4v) is 3.96. The molecule has 0 aliphatic rings. The molecule has 3 aromatic heterocycles. The van der Waals surface area contributed by atoms with Crippen molar-refractivity contribution >= 4 is 62.6 Å². The molecule has 0 spiro atoms. The number of hydrogen-bond donors (Lipinski definition) is 0. The maximum absolute atomic E-state index is 6.20. The van der Waals surface area contributed by atoms with Gasteiger partial charge in [-0.3, -0.25) is 0 Å². The summed E-state index contributed by atoms with van der Waals surface area (Å²) in [6.07, 6.45) is 3.78. The third-order valence-corrected chi connectivity index (χ3v) is 5.45. The summed E-state index contributed by atoms with van der Waals surface area (Å²) in [6.45, 7) is 0. The van der Waals surface area contributed by atoms with Crippen LogP contribution in [0.25, 0.3) is 39.7 Å². The van der Waals surface area contributed by atoms with Gasteiger partial charge in [0.1, 0.15) is 10.6 Å². The Balaban J connectivity index is 1.52. The van der Waals surface area contributed by atoms with Gasteiger partial charge in [-0.15, -0.1) is 10.2 Å². The van der Waals surface area contributed by atoms with Gasteiger partial charge in [-0.2, -0.15) is 9.61 Å². The van der Waals surface area contributed by atoms with Crippen LogP contribution in [0.3, 0.4) is 0 Å². The minimum absolute atomic E-state index is 0.571. The lowest BCUT2D eigenvalue weighted by atomic mass is 10.2. The predicted octanol–water partition coefficient (Wildman–Crippen LogP) is 6.08. The second-order valence-corrected chi connectivity index (χ2v) is 7.64. The van der Waals surface area contributed by atoms with Crippen molar-refractivity contribution in [2.24, 2.45) is 0 Å². The summed E-state index contributed by atoms with van der Waals surface area (Å²) in [7, 11) is 0. The van der Waals surface area contributed by atoms with Gasteiger partial charge < -0.3 is 4.42 Å². The Morgan fingerprint density at radius 3 is 2.74 bits per heavy atom. The van der Waals surface area contributed by atoms with Crippen LogP contribution in [0.15, 0.2) is 52.9 Å². The van der Waals surface area contributed by atoms with E-state index in [1.54, 1.807) is 16.6 Å². The molecule has 0 fully saturated rings. The number of aromatic nitrogens is 4. The minimum Gasteiger partial charge on any atom is -0.453 e. The zero-order valence-corrected chi connectivity index (χ0v) is 16.0. The van der Waals surface area contributed by atoms with Crippen molar-refractivity contribution in [2.75, 3.05) is 0 Å². The maximum Gasteiger partial charge on any atom is 0.235 e. The van der Waals surface area contributed by atoms with Gasteiger partial charge in [-0.05, 0) is 35.9 Å². The Kier molecular flexibility index (Phi) is 3.97. The highest BCUT2D eigenvalue weighted by molar-refractivity contribution is 7.17. The minimum atomic E-state index is 0.571. The largest absolute Gasteiger partial charge is 0.453 e. The fourth-order valence-electron chi connectivity index (χ4n) is 2.74. The molecule has 132 valence electrons. The highest BCUT2D eigenvalue weighted by Gasteiger charge is 2.16. The van der Waals surface area contributed by atoms with Crippen LogP contribution < -0.4 is 0 Å². The number of benzene rings is 2. The Hall–Kier alpha value is -2.67. The number of nitrogens with zero attached hydrogens (tertiary/aromatic N) is 4. The number of fused-ring (bicyclic) bond motifs is 2. The molecule has 3 heterocycles. The summed E-state index contributed by atoms with van der Waals surface area (Å²) in [5, 5.41) is 16.0. The van der Waals surface area contributed by atoms with Gasteiger partial charge >= 0.3 is 0 Å². The highest BCUT2D eigenvalue weighted by Crippen LogP contribution is 2.28. The average molecular weight is 413 g/mol. The molecule has 0 saturated carbocycles. The lowest BCUT2D eigenvalue weighted by Gasteiger charge is -1.97. The molecule has 27 heavy (non-hydrogen) atoms. The predicted molar refractivity (Wildman–Crippen MR) is 109 cm³/mol. The Morgan fingerprint density at radius 2 is 1.89 bits per heavy atom. The summed E-state index contributed by atoms with van der Waals surface area (Å²) < 4.78 is 7.57. The van der Waals surface area contributed by atoms with Gasteiger partial charge in [0, 0.05) is 15.4 Å². The van der Waals surface area contributed by atoms with E-state index in [9.17, 15) is 0 Å². The summed E-state index contributed by atoms with van der Waals surface area (Å²) in [4.78, 5) is 0.687. The molecule has 5 nitrogen and oxygen atoms in total. The second kappa shape index (κ2) is 6.49. The van der Waals surface area contributed by atoms with Crippen LogP contribution in [0.1, 0.15) is 10.6 Å². The summed E-state index contributed by atoms with van der Waals surface area (Å²) in [5.74, 6) is 1.20. The first-order chi connectivity index (χ1) is 13.2. The van der Waals surface area contributed by atoms with E-state index in [1.165, 1.54) is 11.3 Å². The van der Waals surface area contributed by atoms with Crippen molar-refractivity contribution in [3.05, 3.63) is 69.1 Å². The third kappa shape index (κ3) is 3.02. The summed E-state index contributed by atoms with van der Waals surface area (Å²) in [6, 6.07) is 15.1. The molecule has 0 aliphatic heterocycles. The van der Waals surface area contributed by atoms with E-state index in [0.29, 0.717) is 26.6 Å². The van der Waals surface area contributed by atoms with Crippen LogP contribution in [-0.4, -0.2) is 19.8 Å². The zero-order valence-electron chi connectivity index (χ0n) is 13.6. The van der Waals surface area contributed by atoms with E-state index in [2.05, 4.69) is 15.3 Å². The summed E-state index contributed by atoms with van der Waals surface area (Å²) >= 11 is 13.6. The van der Waals surface area contributed by atoms with Crippen LogP contribution in [0.4, 0.5) is 0 Å². The molecule has 0 unspecified atom stereocenters. The third-order valence-electron chi connectivity index (χ3n) is 4.02. The topological polar surface area (TPSA) is 56.2 Å². The molecule has 5 rings (SSSR count). The van der Waals surface area contributed by atoms with E-state index in [1.807, 2.05) is 48.6 Å². The van der Waals surface area contributed by atoms with Gasteiger partial charge in [0.25, 0.3) is 0 Å². The molecule has 0 N–H and O–H groups in total. The molecule has 0 amide bonds. The number of para-hydroxylation sites is 1. The molecule has 0 bridgehead atoms. The van der Waals surface area contributed by atoms with Crippen molar-refractivity contribution in [1.82, 2.24) is 19.8 Å². The lowest BCUT2D eigenvalue weighted by molar-refractivity contribution is 0.622. The molecular weight excluding hydrogens is 403 g/mol. The fraction of sp³-hybridized carbons (Fsp3) is 0. The van der Waals surface area contributed by atoms with Gasteiger partial charge in [0.15, 0.2) is 5.76 Å². The van der Waals surface area contributed by atoms with Crippen LogP contribution in [0.2, 0.25) is 10.0 Å². The van der Waals surface area contributed by atoms with Crippen LogP contribution in [0, 0.1) is 0 Å². The molecule has 5 aromatic rings. The monoisotopic (exact) mass is 412 g/mol. The van der Waals surface area contributed by atoms with E-state index in [4.69, 9.17) is 27.6 Å². The number of hydrogen-bond acceptors (Lipinski definition) is 5. The Labute approximate surface area is 167 Å². The first-order valence-electron chi connectivity index (χ1n) is 8.02. The summed E-state index contributed by atoms with van der Waals surface area (Å²) in [5.41, 5.74) is 1.67. The maximum atomic E-state index is 6.20. The van der Waals surface area contributed by atoms with Crippen molar-refractivity contribution in [3.63, 3.8) is 0 Å². The van der Waals surface area contributed by atoms with Crippen molar-refractivity contribution in [1.29, 1.82) is 0 Å². The first kappa shape index (κ1) is 16.5. The smallest absolute Gasteiger partial charge is 0.235 e. The van der Waals surface area contributed by atoms with Gasteiger partial charge in [0.05, 0.1) is 0 Å². The molecule has 8 heteroatoms. The normalized spacial score (nSPS) is 11.9. The van der Waals surface area contributed by atoms with Gasteiger partial charge in [0.2, 0.25) is 10.8 Å². The van der Waals surface area contributed by atoms with E-state index in [-0.39, 0.29) is 0 Å². The van der Waals surface area contributed by atoms with Gasteiger partial charge in [-0.1, -0.05) is 64.9 Å². The van der Waals surface area contributed by atoms with Crippen LogP contribution in [0.5, 0.6) is 0 Å². The number of halogens is 2. The van der Waals surface area contributed by atoms with Crippen LogP contribution in [-0.2, 0) is 0 Å². The van der Waals surface area contributed by atoms with E-state index in [0.717, 1.165) is 21.5 Å². The molecule has 0 atom stereocenters. The lowest BCUT2D eigenvalue weighted by Crippen LogP contribution is -1.89. The van der Waals surface area contributed by atoms with Crippen molar-refractivity contribution < 1.29 is 4.42 Å². The van der Waals surface area contributed by atoms with E-state index >= 15 is 0 Å². The molecular formula is C19H10Cl2N4OS. The quantitative estimate of drug-likeness (QED) is 0.360. The highest BCUT2D eigenvalue weighted by atomic mass is 35.5. The number of rotatable bonds is 3. The SMILES string of the molecule is Clc1ccc(/C=C/c2nn3c(-c4cc5ccccc5o4)nnc3s2)c(Cl)c1.